The number of nitrogens with zero attached hydrogens (tertiary/aromatic N) is 1. The Balaban J connectivity index is 1.94. The summed E-state index contributed by atoms with van der Waals surface area (Å²) in [6, 6.07) is 22.6. The van der Waals surface area contributed by atoms with E-state index in [1.54, 1.807) is 61.7 Å². The molecule has 1 fully saturated rings. The van der Waals surface area contributed by atoms with Gasteiger partial charge in [0.1, 0.15) is 11.5 Å². The Morgan fingerprint density at radius 2 is 1.63 bits per heavy atom. The molecule has 3 aromatic carbocycles. The summed E-state index contributed by atoms with van der Waals surface area (Å²) in [4.78, 5) is 27.6. The monoisotopic (exact) mass is 399 g/mol. The largest absolute Gasteiger partial charge is 0.507 e. The Bertz CT molecular complexity index is 1130. The Hall–Kier alpha value is -3.86. The minimum atomic E-state index is -0.752. The van der Waals surface area contributed by atoms with Gasteiger partial charge in [-0.05, 0) is 42.3 Å². The molecule has 3 aromatic rings. The molecule has 0 bridgehead atoms. The van der Waals surface area contributed by atoms with Gasteiger partial charge in [0, 0.05) is 11.3 Å². The number of amides is 1. The van der Waals surface area contributed by atoms with Crippen molar-refractivity contribution in [3.8, 4) is 5.75 Å². The second-order valence-corrected chi connectivity index (χ2v) is 7.15. The van der Waals surface area contributed by atoms with E-state index in [2.05, 4.69) is 0 Å². The minimum Gasteiger partial charge on any atom is -0.507 e. The number of rotatable bonds is 4. The molecule has 1 atom stereocenters. The zero-order chi connectivity index (χ0) is 21.3. The SMILES string of the molecule is COc1ccc(C2C(=C(O)c3ccccc3)C(=O)C(=O)N2c2cccc(C)c2)cc1. The molecule has 1 unspecified atom stereocenters. The van der Waals surface area contributed by atoms with Crippen LogP contribution in [0.4, 0.5) is 5.69 Å². The van der Waals surface area contributed by atoms with Crippen LogP contribution in [-0.2, 0) is 9.59 Å². The van der Waals surface area contributed by atoms with Crippen LogP contribution in [0.1, 0.15) is 22.7 Å². The maximum Gasteiger partial charge on any atom is 0.300 e. The number of hydrogen-bond acceptors (Lipinski definition) is 4. The van der Waals surface area contributed by atoms with Crippen LogP contribution >= 0.6 is 0 Å². The predicted molar refractivity (Wildman–Crippen MR) is 115 cm³/mol. The van der Waals surface area contributed by atoms with E-state index in [1.807, 2.05) is 31.2 Å². The third-order valence-electron chi connectivity index (χ3n) is 5.20. The fourth-order valence-electron chi connectivity index (χ4n) is 3.73. The zero-order valence-corrected chi connectivity index (χ0v) is 16.7. The fourth-order valence-corrected chi connectivity index (χ4v) is 3.73. The first-order valence-corrected chi connectivity index (χ1v) is 9.58. The number of benzene rings is 3. The van der Waals surface area contributed by atoms with Gasteiger partial charge in [0.05, 0.1) is 18.7 Å². The Kier molecular flexibility index (Phi) is 5.11. The summed E-state index contributed by atoms with van der Waals surface area (Å²) in [7, 11) is 1.57. The van der Waals surface area contributed by atoms with E-state index >= 15 is 0 Å². The van der Waals surface area contributed by atoms with E-state index in [0.717, 1.165) is 5.56 Å². The number of hydrogen-bond donors (Lipinski definition) is 1. The number of aliphatic hydroxyl groups is 1. The van der Waals surface area contributed by atoms with Crippen LogP contribution in [0.5, 0.6) is 5.75 Å². The van der Waals surface area contributed by atoms with Gasteiger partial charge in [-0.3, -0.25) is 14.5 Å². The summed E-state index contributed by atoms with van der Waals surface area (Å²) in [6.45, 7) is 1.92. The van der Waals surface area contributed by atoms with Crippen molar-refractivity contribution in [1.29, 1.82) is 0 Å². The number of anilines is 1. The molecule has 1 amide bonds. The maximum absolute atomic E-state index is 13.1. The summed E-state index contributed by atoms with van der Waals surface area (Å²) < 4.78 is 5.24. The van der Waals surface area contributed by atoms with Crippen molar-refractivity contribution < 1.29 is 19.4 Å². The highest BCUT2D eigenvalue weighted by atomic mass is 16.5. The van der Waals surface area contributed by atoms with Crippen LogP contribution in [0.3, 0.4) is 0 Å². The van der Waals surface area contributed by atoms with Crippen LogP contribution in [0.2, 0.25) is 0 Å². The predicted octanol–water partition coefficient (Wildman–Crippen LogP) is 4.63. The molecule has 30 heavy (non-hydrogen) atoms. The maximum atomic E-state index is 13.1. The summed E-state index contributed by atoms with van der Waals surface area (Å²) in [5.41, 5.74) is 2.82. The molecule has 0 aromatic heterocycles. The Morgan fingerprint density at radius 1 is 0.933 bits per heavy atom. The van der Waals surface area contributed by atoms with Crippen LogP contribution < -0.4 is 9.64 Å². The van der Waals surface area contributed by atoms with Gasteiger partial charge >= 0.3 is 0 Å². The van der Waals surface area contributed by atoms with Gasteiger partial charge in [-0.1, -0.05) is 54.6 Å². The van der Waals surface area contributed by atoms with Crippen molar-refractivity contribution >= 4 is 23.1 Å². The molecule has 1 aliphatic rings. The topological polar surface area (TPSA) is 66.8 Å². The second kappa shape index (κ2) is 7.87. The Morgan fingerprint density at radius 3 is 2.27 bits per heavy atom. The van der Waals surface area contributed by atoms with E-state index in [-0.39, 0.29) is 11.3 Å². The number of Topliss-reactive ketones (excluding diaryl/α,β-unsaturated/α-hetero) is 1. The van der Waals surface area contributed by atoms with Crippen molar-refractivity contribution in [2.45, 2.75) is 13.0 Å². The normalized spacial score (nSPS) is 17.9. The standard InChI is InChI=1S/C25H21NO4/c1-16-7-6-10-19(15-16)26-22(17-11-13-20(30-2)14-12-17)21(24(28)25(26)29)23(27)18-8-4-3-5-9-18/h3-15,22,27H,1-2H3. The first kappa shape index (κ1) is 19.5. The minimum absolute atomic E-state index is 0.0675. The average molecular weight is 399 g/mol. The average Bonchev–Trinajstić information content (AvgIpc) is 3.04. The number of aliphatic hydroxyl groups excluding tert-OH is 1. The number of ether oxygens (including phenoxy) is 1. The molecule has 1 saturated heterocycles. The number of carbonyl (C=O) groups excluding carboxylic acids is 2. The lowest BCUT2D eigenvalue weighted by atomic mass is 9.95. The van der Waals surface area contributed by atoms with Gasteiger partial charge < -0.3 is 9.84 Å². The van der Waals surface area contributed by atoms with Crippen molar-refractivity contribution in [3.63, 3.8) is 0 Å². The molecule has 0 saturated carbocycles. The second-order valence-electron chi connectivity index (χ2n) is 7.15. The summed E-state index contributed by atoms with van der Waals surface area (Å²) in [6.07, 6.45) is 0. The van der Waals surface area contributed by atoms with Gasteiger partial charge in [0.25, 0.3) is 11.7 Å². The number of methoxy groups -OCH3 is 1. The highest BCUT2D eigenvalue weighted by Gasteiger charge is 2.46. The van der Waals surface area contributed by atoms with Crippen molar-refractivity contribution in [1.82, 2.24) is 0 Å². The molecule has 5 nitrogen and oxygen atoms in total. The summed E-state index contributed by atoms with van der Waals surface area (Å²) in [5.74, 6) is -0.906. The van der Waals surface area contributed by atoms with Crippen molar-refractivity contribution in [2.24, 2.45) is 0 Å². The van der Waals surface area contributed by atoms with Crippen molar-refractivity contribution in [3.05, 3.63) is 101 Å². The smallest absolute Gasteiger partial charge is 0.300 e. The molecule has 0 aliphatic carbocycles. The third kappa shape index (κ3) is 3.35. The summed E-state index contributed by atoms with van der Waals surface area (Å²) in [5, 5.41) is 11.0. The van der Waals surface area contributed by atoms with Crippen molar-refractivity contribution in [2.75, 3.05) is 12.0 Å². The third-order valence-corrected chi connectivity index (χ3v) is 5.20. The van der Waals surface area contributed by atoms with Crippen LogP contribution in [0.25, 0.3) is 5.76 Å². The molecule has 1 N–H and O–H groups in total. The van der Waals surface area contributed by atoms with Crippen LogP contribution in [-0.4, -0.2) is 23.9 Å². The van der Waals surface area contributed by atoms with E-state index in [0.29, 0.717) is 22.6 Å². The lowest BCUT2D eigenvalue weighted by Gasteiger charge is -2.26. The fraction of sp³-hybridized carbons (Fsp3) is 0.120. The Labute approximate surface area is 174 Å². The molecule has 0 spiro atoms. The van der Waals surface area contributed by atoms with Gasteiger partial charge in [-0.25, -0.2) is 0 Å². The van der Waals surface area contributed by atoms with E-state index in [1.165, 1.54) is 4.90 Å². The zero-order valence-electron chi connectivity index (χ0n) is 16.7. The lowest BCUT2D eigenvalue weighted by molar-refractivity contribution is -0.132. The molecule has 1 heterocycles. The molecule has 150 valence electrons. The first-order valence-electron chi connectivity index (χ1n) is 9.58. The first-order chi connectivity index (χ1) is 14.5. The van der Waals surface area contributed by atoms with Gasteiger partial charge in [0.15, 0.2) is 0 Å². The molecule has 4 rings (SSSR count). The van der Waals surface area contributed by atoms with Crippen LogP contribution in [0.15, 0.2) is 84.4 Å². The highest BCUT2D eigenvalue weighted by Crippen LogP contribution is 2.42. The van der Waals surface area contributed by atoms with E-state index in [9.17, 15) is 14.7 Å². The highest BCUT2D eigenvalue weighted by molar-refractivity contribution is 6.51. The number of carbonyl (C=O) groups is 2. The molecule has 1 aliphatic heterocycles. The van der Waals surface area contributed by atoms with Gasteiger partial charge in [0.2, 0.25) is 0 Å². The van der Waals surface area contributed by atoms with Crippen LogP contribution in [0, 0.1) is 6.92 Å². The molecular weight excluding hydrogens is 378 g/mol. The van der Waals surface area contributed by atoms with Gasteiger partial charge in [-0.15, -0.1) is 0 Å². The summed E-state index contributed by atoms with van der Waals surface area (Å²) >= 11 is 0. The molecule has 5 heteroatoms. The van der Waals surface area contributed by atoms with E-state index < -0.39 is 17.7 Å². The molecule has 0 radical (unpaired) electrons. The number of ketones is 1. The van der Waals surface area contributed by atoms with Gasteiger partial charge in [-0.2, -0.15) is 0 Å². The molecular formula is C25H21NO4. The van der Waals surface area contributed by atoms with E-state index in [4.69, 9.17) is 4.74 Å². The lowest BCUT2D eigenvalue weighted by Crippen LogP contribution is -2.29. The quantitative estimate of drug-likeness (QED) is 0.395. The number of aryl methyl sites for hydroxylation is 1.